The van der Waals surface area contributed by atoms with E-state index >= 15 is 0 Å². The molecule has 1 saturated heterocycles. The van der Waals surface area contributed by atoms with E-state index in [2.05, 4.69) is 4.90 Å². The van der Waals surface area contributed by atoms with Crippen molar-refractivity contribution >= 4 is 21.7 Å². The molecule has 2 aromatic carbocycles. The number of nitrogens with zero attached hydrogens (tertiary/aromatic N) is 2. The van der Waals surface area contributed by atoms with E-state index in [1.165, 1.54) is 36.4 Å². The van der Waals surface area contributed by atoms with Crippen molar-refractivity contribution < 1.29 is 27.8 Å². The van der Waals surface area contributed by atoms with E-state index in [0.29, 0.717) is 37.5 Å². The number of sulfonamides is 1. The van der Waals surface area contributed by atoms with Gasteiger partial charge in [-0.1, -0.05) is 12.1 Å². The number of aliphatic carboxylic acids is 1. The molecular formula is C22H28N2O6S. The minimum atomic E-state index is -3.68. The summed E-state index contributed by atoms with van der Waals surface area (Å²) < 4.78 is 38.8. The molecule has 3 rings (SSSR count). The maximum Gasteiger partial charge on any atom is 0.347 e. The molecular weight excluding hydrogens is 420 g/mol. The molecule has 0 bridgehead atoms. The molecule has 8 nitrogen and oxygen atoms in total. The fourth-order valence-corrected chi connectivity index (χ4v) is 4.93. The third kappa shape index (κ3) is 4.77. The van der Waals surface area contributed by atoms with Crippen LogP contribution in [0.25, 0.3) is 0 Å². The van der Waals surface area contributed by atoms with Gasteiger partial charge in [0.05, 0.1) is 17.7 Å². The van der Waals surface area contributed by atoms with Gasteiger partial charge in [-0.3, -0.25) is 0 Å². The fourth-order valence-electron chi connectivity index (χ4n) is 3.42. The normalized spacial score (nSPS) is 15.5. The molecule has 0 aliphatic carbocycles. The molecule has 1 aliphatic heterocycles. The van der Waals surface area contributed by atoms with Crippen LogP contribution in [0.5, 0.6) is 11.5 Å². The van der Waals surface area contributed by atoms with E-state index in [4.69, 9.17) is 9.47 Å². The summed E-state index contributed by atoms with van der Waals surface area (Å²) in [6.07, 6.45) is 0. The predicted molar refractivity (Wildman–Crippen MR) is 117 cm³/mol. The van der Waals surface area contributed by atoms with Crippen molar-refractivity contribution in [2.45, 2.75) is 31.3 Å². The summed E-state index contributed by atoms with van der Waals surface area (Å²) in [4.78, 5) is 13.6. The van der Waals surface area contributed by atoms with Crippen molar-refractivity contribution in [2.75, 3.05) is 38.2 Å². The van der Waals surface area contributed by atoms with E-state index in [0.717, 1.165) is 11.4 Å². The highest BCUT2D eigenvalue weighted by Gasteiger charge is 2.32. The minimum absolute atomic E-state index is 0.163. The SMILES string of the molecule is COc1ccccc1N1CCN(S(=O)(=O)c2ccc(OC(C)(C)C(=O)O)c(C)c2)CC1. The van der Waals surface area contributed by atoms with Crippen molar-refractivity contribution in [1.29, 1.82) is 0 Å². The number of anilines is 1. The molecule has 0 radical (unpaired) electrons. The van der Waals surface area contributed by atoms with Crippen LogP contribution in [-0.2, 0) is 14.8 Å². The van der Waals surface area contributed by atoms with E-state index < -0.39 is 21.6 Å². The van der Waals surface area contributed by atoms with Gasteiger partial charge in [0.25, 0.3) is 0 Å². The Balaban J connectivity index is 1.74. The number of methoxy groups -OCH3 is 1. The van der Waals surface area contributed by atoms with Crippen LogP contribution in [0.1, 0.15) is 19.4 Å². The second-order valence-corrected chi connectivity index (χ2v) is 9.85. The van der Waals surface area contributed by atoms with Crippen molar-refractivity contribution in [3.63, 3.8) is 0 Å². The molecule has 168 valence electrons. The number of hydrogen-bond acceptors (Lipinski definition) is 6. The van der Waals surface area contributed by atoms with E-state index in [1.54, 1.807) is 14.0 Å². The molecule has 0 unspecified atom stereocenters. The van der Waals surface area contributed by atoms with Crippen molar-refractivity contribution in [1.82, 2.24) is 4.31 Å². The van der Waals surface area contributed by atoms with E-state index in [1.807, 2.05) is 24.3 Å². The van der Waals surface area contributed by atoms with Crippen LogP contribution in [0.2, 0.25) is 0 Å². The van der Waals surface area contributed by atoms with Crippen LogP contribution in [0.4, 0.5) is 5.69 Å². The first-order valence-corrected chi connectivity index (χ1v) is 11.4. The standard InChI is InChI=1S/C22H28N2O6S/c1-16-15-17(9-10-19(16)30-22(2,3)21(25)26)31(27,28)24-13-11-23(12-14-24)18-7-5-6-8-20(18)29-4/h5-10,15H,11-14H2,1-4H3,(H,25,26). The Labute approximate surface area is 183 Å². The molecule has 0 amide bonds. The van der Waals surface area contributed by atoms with Gasteiger partial charge in [-0.05, 0) is 56.7 Å². The quantitative estimate of drug-likeness (QED) is 0.696. The molecule has 31 heavy (non-hydrogen) atoms. The Morgan fingerprint density at radius 3 is 2.26 bits per heavy atom. The molecule has 0 spiro atoms. The summed E-state index contributed by atoms with van der Waals surface area (Å²) in [6.45, 7) is 6.39. The van der Waals surface area contributed by atoms with Gasteiger partial charge in [-0.15, -0.1) is 0 Å². The number of hydrogen-bond donors (Lipinski definition) is 1. The first-order chi connectivity index (χ1) is 14.6. The average molecular weight is 449 g/mol. The first kappa shape index (κ1) is 22.9. The zero-order valence-corrected chi connectivity index (χ0v) is 19.0. The molecule has 1 heterocycles. The zero-order chi connectivity index (χ0) is 22.8. The third-order valence-corrected chi connectivity index (χ3v) is 7.22. The van der Waals surface area contributed by atoms with Gasteiger partial charge in [0.1, 0.15) is 11.5 Å². The molecule has 1 aliphatic rings. The lowest BCUT2D eigenvalue weighted by molar-refractivity contribution is -0.152. The number of aryl methyl sites for hydroxylation is 1. The summed E-state index contributed by atoms with van der Waals surface area (Å²) in [5.74, 6) is -0.00170. The van der Waals surface area contributed by atoms with Crippen molar-refractivity contribution in [3.8, 4) is 11.5 Å². The largest absolute Gasteiger partial charge is 0.495 e. The van der Waals surface area contributed by atoms with Gasteiger partial charge in [0.2, 0.25) is 10.0 Å². The Bertz CT molecular complexity index is 1060. The van der Waals surface area contributed by atoms with E-state index in [-0.39, 0.29) is 4.90 Å². The summed E-state index contributed by atoms with van der Waals surface area (Å²) in [7, 11) is -2.06. The van der Waals surface area contributed by atoms with Gasteiger partial charge >= 0.3 is 5.97 Å². The highest BCUT2D eigenvalue weighted by atomic mass is 32.2. The molecule has 0 saturated carbocycles. The van der Waals surface area contributed by atoms with Gasteiger partial charge in [-0.25, -0.2) is 13.2 Å². The number of piperazine rings is 1. The van der Waals surface area contributed by atoms with Crippen LogP contribution in [0.3, 0.4) is 0 Å². The maximum absolute atomic E-state index is 13.2. The second kappa shape index (κ2) is 8.76. The second-order valence-electron chi connectivity index (χ2n) is 7.91. The zero-order valence-electron chi connectivity index (χ0n) is 18.2. The number of rotatable bonds is 7. The predicted octanol–water partition coefficient (Wildman–Crippen LogP) is 2.76. The Hall–Kier alpha value is -2.78. The number of carbonyl (C=O) groups is 1. The lowest BCUT2D eigenvalue weighted by Gasteiger charge is -2.36. The molecule has 1 fully saturated rings. The Morgan fingerprint density at radius 1 is 1.03 bits per heavy atom. The highest BCUT2D eigenvalue weighted by molar-refractivity contribution is 7.89. The monoisotopic (exact) mass is 448 g/mol. The summed E-state index contributed by atoms with van der Waals surface area (Å²) >= 11 is 0. The van der Waals surface area contributed by atoms with Crippen molar-refractivity contribution in [2.24, 2.45) is 0 Å². The number of para-hydroxylation sites is 2. The van der Waals surface area contributed by atoms with Crippen molar-refractivity contribution in [3.05, 3.63) is 48.0 Å². The maximum atomic E-state index is 13.2. The molecule has 2 aromatic rings. The summed E-state index contributed by atoms with van der Waals surface area (Å²) in [5, 5.41) is 9.24. The first-order valence-electron chi connectivity index (χ1n) is 9.97. The fraction of sp³-hybridized carbons (Fsp3) is 0.409. The Morgan fingerprint density at radius 2 is 1.68 bits per heavy atom. The number of carboxylic acid groups (broad SMARTS) is 1. The van der Waals surface area contributed by atoms with Gasteiger partial charge in [-0.2, -0.15) is 4.31 Å². The lowest BCUT2D eigenvalue weighted by atomic mass is 10.1. The van der Waals surface area contributed by atoms with E-state index in [9.17, 15) is 18.3 Å². The van der Waals surface area contributed by atoms with Gasteiger partial charge in [0, 0.05) is 26.2 Å². The number of carboxylic acids is 1. The third-order valence-electron chi connectivity index (χ3n) is 5.33. The van der Waals surface area contributed by atoms with Crippen LogP contribution in [-0.4, -0.2) is 62.7 Å². The van der Waals surface area contributed by atoms with Gasteiger partial charge < -0.3 is 19.5 Å². The molecule has 0 aromatic heterocycles. The minimum Gasteiger partial charge on any atom is -0.495 e. The summed E-state index contributed by atoms with van der Waals surface area (Å²) in [6, 6.07) is 12.2. The molecule has 0 atom stereocenters. The van der Waals surface area contributed by atoms with Crippen LogP contribution in [0, 0.1) is 6.92 Å². The average Bonchev–Trinajstić information content (AvgIpc) is 2.75. The molecule has 1 N–H and O–H groups in total. The number of benzene rings is 2. The van der Waals surface area contributed by atoms with Crippen LogP contribution < -0.4 is 14.4 Å². The smallest absolute Gasteiger partial charge is 0.347 e. The highest BCUT2D eigenvalue weighted by Crippen LogP contribution is 2.30. The molecule has 9 heteroatoms. The van der Waals surface area contributed by atoms with Crippen LogP contribution >= 0.6 is 0 Å². The van der Waals surface area contributed by atoms with Gasteiger partial charge in [0.15, 0.2) is 5.60 Å². The topological polar surface area (TPSA) is 96.4 Å². The Kier molecular flexibility index (Phi) is 6.47. The van der Waals surface area contributed by atoms with Crippen LogP contribution in [0.15, 0.2) is 47.4 Å². The summed E-state index contributed by atoms with van der Waals surface area (Å²) in [5.41, 5.74) is 0.0865. The number of ether oxygens (including phenoxy) is 2. The lowest BCUT2D eigenvalue weighted by Crippen LogP contribution is -2.48.